The lowest BCUT2D eigenvalue weighted by molar-refractivity contribution is -0.116. The van der Waals surface area contributed by atoms with Crippen molar-refractivity contribution in [1.29, 1.82) is 0 Å². The predicted molar refractivity (Wildman–Crippen MR) is 145 cm³/mol. The first-order valence-corrected chi connectivity index (χ1v) is 13.3. The summed E-state index contributed by atoms with van der Waals surface area (Å²) in [5.41, 5.74) is 3.95. The van der Waals surface area contributed by atoms with Gasteiger partial charge in [0.2, 0.25) is 5.91 Å². The molecule has 0 bridgehead atoms. The topological polar surface area (TPSA) is 64.7 Å². The molecule has 5 rings (SSSR count). The Kier molecular flexibility index (Phi) is 7.34. The van der Waals surface area contributed by atoms with Crippen LogP contribution in [0.2, 0.25) is 5.02 Å². The summed E-state index contributed by atoms with van der Waals surface area (Å²) >= 11 is 7.86. The summed E-state index contributed by atoms with van der Waals surface area (Å²) < 4.78 is 13.2. The molecule has 0 radical (unpaired) electrons. The highest BCUT2D eigenvalue weighted by Crippen LogP contribution is 2.30. The van der Waals surface area contributed by atoms with Crippen molar-refractivity contribution in [2.24, 2.45) is 0 Å². The van der Waals surface area contributed by atoms with Crippen molar-refractivity contribution in [3.8, 4) is 0 Å². The van der Waals surface area contributed by atoms with Crippen LogP contribution in [0, 0.1) is 5.82 Å². The number of benzene rings is 3. The molecule has 1 fully saturated rings. The Morgan fingerprint density at radius 3 is 2.50 bits per heavy atom. The maximum atomic E-state index is 13.2. The van der Waals surface area contributed by atoms with Crippen molar-refractivity contribution >= 4 is 52.2 Å². The molecule has 3 aromatic rings. The minimum Gasteiger partial charge on any atom is -0.371 e. The molecule has 1 saturated heterocycles. The third-order valence-corrected chi connectivity index (χ3v) is 7.88. The van der Waals surface area contributed by atoms with Crippen LogP contribution >= 0.6 is 23.4 Å². The molecule has 0 saturated carbocycles. The van der Waals surface area contributed by atoms with E-state index in [-0.39, 0.29) is 23.7 Å². The maximum Gasteiger partial charge on any atom is 0.254 e. The molecule has 0 spiro atoms. The van der Waals surface area contributed by atoms with Gasteiger partial charge in [0.1, 0.15) is 11.9 Å². The summed E-state index contributed by atoms with van der Waals surface area (Å²) in [4.78, 5) is 29.8. The van der Waals surface area contributed by atoms with Gasteiger partial charge in [-0.1, -0.05) is 29.8 Å². The number of amides is 2. The second kappa shape index (κ2) is 10.8. The normalized spacial score (nSPS) is 17.3. The van der Waals surface area contributed by atoms with Gasteiger partial charge in [0.25, 0.3) is 5.91 Å². The molecule has 2 N–H and O–H groups in total. The molecule has 0 aliphatic carbocycles. The van der Waals surface area contributed by atoms with Gasteiger partial charge >= 0.3 is 0 Å². The van der Waals surface area contributed by atoms with Crippen molar-refractivity contribution in [3.63, 3.8) is 0 Å². The van der Waals surface area contributed by atoms with Crippen molar-refractivity contribution in [2.45, 2.75) is 11.8 Å². The van der Waals surface area contributed by atoms with Crippen molar-refractivity contribution in [2.75, 3.05) is 47.5 Å². The Bertz CT molecular complexity index is 1260. The summed E-state index contributed by atoms with van der Waals surface area (Å²) in [5.74, 6) is 0.869. The van der Waals surface area contributed by atoms with Gasteiger partial charge in [-0.3, -0.25) is 9.59 Å². The molecular weight excluding hydrogens is 499 g/mol. The van der Waals surface area contributed by atoms with Crippen LogP contribution in [0.4, 0.5) is 21.5 Å². The summed E-state index contributed by atoms with van der Waals surface area (Å²) in [7, 11) is 0. The van der Waals surface area contributed by atoms with Crippen LogP contribution in [0.15, 0.2) is 66.7 Å². The van der Waals surface area contributed by atoms with Crippen LogP contribution in [0.5, 0.6) is 0 Å². The number of fused-ring (bicyclic) bond motifs is 1. The number of hydrogen-bond acceptors (Lipinski definition) is 5. The van der Waals surface area contributed by atoms with E-state index in [1.807, 2.05) is 35.2 Å². The van der Waals surface area contributed by atoms with Crippen LogP contribution in [0.3, 0.4) is 0 Å². The number of carbonyl (C=O) groups excluding carboxylic acids is 2. The zero-order valence-electron chi connectivity index (χ0n) is 19.5. The molecule has 9 heteroatoms. The first kappa shape index (κ1) is 24.5. The molecule has 0 aromatic heterocycles. The Balaban J connectivity index is 1.17. The number of carbonyl (C=O) groups is 2. The number of nitrogens with zero attached hydrogens (tertiary/aromatic N) is 2. The molecule has 6 nitrogen and oxygen atoms in total. The lowest BCUT2D eigenvalue weighted by Gasteiger charge is -2.36. The minimum atomic E-state index is -0.369. The van der Waals surface area contributed by atoms with Crippen LogP contribution in [-0.4, -0.2) is 54.7 Å². The zero-order valence-corrected chi connectivity index (χ0v) is 21.1. The van der Waals surface area contributed by atoms with E-state index in [4.69, 9.17) is 11.6 Å². The number of halogens is 2. The predicted octanol–water partition coefficient (Wildman–Crippen LogP) is 5.11. The fourth-order valence-corrected chi connectivity index (χ4v) is 5.74. The van der Waals surface area contributed by atoms with Gasteiger partial charge in [0.05, 0.1) is 11.4 Å². The molecule has 2 heterocycles. The molecule has 3 aromatic carbocycles. The fourth-order valence-electron chi connectivity index (χ4n) is 4.40. The zero-order chi connectivity index (χ0) is 25.1. The Morgan fingerprint density at radius 2 is 1.75 bits per heavy atom. The average molecular weight is 525 g/mol. The lowest BCUT2D eigenvalue weighted by atomic mass is 10.1. The highest BCUT2D eigenvalue weighted by atomic mass is 35.5. The molecular formula is C27H26ClFN4O2S. The molecule has 2 aliphatic rings. The second-order valence-electron chi connectivity index (χ2n) is 8.81. The van der Waals surface area contributed by atoms with Gasteiger partial charge in [0, 0.05) is 54.0 Å². The van der Waals surface area contributed by atoms with Gasteiger partial charge in [-0.05, 0) is 54.1 Å². The maximum absolute atomic E-state index is 13.2. The van der Waals surface area contributed by atoms with Crippen molar-refractivity contribution in [1.82, 2.24) is 4.90 Å². The standard InChI is InChI=1S/C27H26ClFN4O2S/c28-22-4-2-1-3-19(22)16-36-17-25-26(34)31-24-15-18(5-10-23(24)30-25)27(35)33-13-11-32(12-14-33)21-8-6-20(29)7-9-21/h1-10,15,25,30H,11-14,16-17H2,(H,31,34). The molecule has 2 amide bonds. The van der Waals surface area contributed by atoms with E-state index in [2.05, 4.69) is 15.5 Å². The lowest BCUT2D eigenvalue weighted by Crippen LogP contribution is -2.48. The van der Waals surface area contributed by atoms with E-state index in [1.165, 1.54) is 12.1 Å². The molecule has 2 aliphatic heterocycles. The number of hydrogen-bond donors (Lipinski definition) is 2. The van der Waals surface area contributed by atoms with Gasteiger partial charge in [0.15, 0.2) is 0 Å². The number of nitrogens with one attached hydrogen (secondary N) is 2. The van der Waals surface area contributed by atoms with Crippen LogP contribution in [-0.2, 0) is 10.5 Å². The summed E-state index contributed by atoms with van der Waals surface area (Å²) in [5, 5.41) is 6.98. The van der Waals surface area contributed by atoms with E-state index >= 15 is 0 Å². The number of anilines is 3. The van der Waals surface area contributed by atoms with E-state index in [9.17, 15) is 14.0 Å². The Morgan fingerprint density at radius 1 is 1.00 bits per heavy atom. The summed E-state index contributed by atoms with van der Waals surface area (Å²) in [6, 6.07) is 19.1. The first-order valence-electron chi connectivity index (χ1n) is 11.8. The highest BCUT2D eigenvalue weighted by molar-refractivity contribution is 7.98. The van der Waals surface area contributed by atoms with E-state index in [0.29, 0.717) is 43.2 Å². The number of piperazine rings is 1. The van der Waals surface area contributed by atoms with E-state index in [0.717, 1.165) is 27.7 Å². The van der Waals surface area contributed by atoms with Gasteiger partial charge in [-0.15, -0.1) is 0 Å². The Hall–Kier alpha value is -3.23. The Labute approximate surface area is 218 Å². The van der Waals surface area contributed by atoms with Crippen LogP contribution in [0.25, 0.3) is 0 Å². The van der Waals surface area contributed by atoms with Gasteiger partial charge in [-0.2, -0.15) is 11.8 Å². The first-order chi connectivity index (χ1) is 17.5. The smallest absolute Gasteiger partial charge is 0.254 e. The largest absolute Gasteiger partial charge is 0.371 e. The molecule has 36 heavy (non-hydrogen) atoms. The van der Waals surface area contributed by atoms with Crippen molar-refractivity contribution in [3.05, 3.63) is 88.7 Å². The quantitative estimate of drug-likeness (QED) is 0.469. The number of rotatable bonds is 6. The highest BCUT2D eigenvalue weighted by Gasteiger charge is 2.28. The second-order valence-corrected chi connectivity index (χ2v) is 10.2. The van der Waals surface area contributed by atoms with Crippen LogP contribution < -0.4 is 15.5 Å². The monoisotopic (exact) mass is 524 g/mol. The SMILES string of the molecule is O=C1Nc2cc(C(=O)N3CCN(c4ccc(F)cc4)CC3)ccc2NC1CSCc1ccccc1Cl. The molecule has 1 unspecified atom stereocenters. The van der Waals surface area contributed by atoms with Crippen molar-refractivity contribution < 1.29 is 14.0 Å². The molecule has 1 atom stereocenters. The third-order valence-electron chi connectivity index (χ3n) is 6.43. The number of thioether (sulfide) groups is 1. The molecule has 186 valence electrons. The minimum absolute atomic E-state index is 0.0665. The summed E-state index contributed by atoms with van der Waals surface area (Å²) in [6.07, 6.45) is 0. The average Bonchev–Trinajstić information content (AvgIpc) is 2.90. The third kappa shape index (κ3) is 5.44. The van der Waals surface area contributed by atoms with Gasteiger partial charge in [-0.25, -0.2) is 4.39 Å². The van der Waals surface area contributed by atoms with E-state index < -0.39 is 0 Å². The van der Waals surface area contributed by atoms with E-state index in [1.54, 1.807) is 36.0 Å². The van der Waals surface area contributed by atoms with Gasteiger partial charge < -0.3 is 20.4 Å². The summed E-state index contributed by atoms with van der Waals surface area (Å²) in [6.45, 7) is 2.49. The van der Waals surface area contributed by atoms with Crippen LogP contribution in [0.1, 0.15) is 15.9 Å². The fraction of sp³-hybridized carbons (Fsp3) is 0.259.